The monoisotopic (exact) mass is 258 g/mol. The van der Waals surface area contributed by atoms with Gasteiger partial charge in [0, 0.05) is 19.0 Å². The van der Waals surface area contributed by atoms with Crippen LogP contribution in [0.1, 0.15) is 40.5 Å². The maximum Gasteiger partial charge on any atom is 0.303 e. The SMILES string of the molecule is CC(C)C[C@H](CNC(=O)CNC(C)C)CC(=O)O. The summed E-state index contributed by atoms with van der Waals surface area (Å²) < 4.78 is 0. The van der Waals surface area contributed by atoms with Crippen molar-refractivity contribution in [2.75, 3.05) is 13.1 Å². The maximum atomic E-state index is 11.5. The summed E-state index contributed by atoms with van der Waals surface area (Å²) in [7, 11) is 0. The molecule has 0 aliphatic rings. The molecule has 0 aromatic carbocycles. The number of carbonyl (C=O) groups excluding carboxylic acids is 1. The zero-order valence-electron chi connectivity index (χ0n) is 11.8. The molecule has 0 fully saturated rings. The number of aliphatic carboxylic acids is 1. The Labute approximate surface area is 109 Å². The largest absolute Gasteiger partial charge is 0.481 e. The van der Waals surface area contributed by atoms with E-state index in [1.165, 1.54) is 0 Å². The van der Waals surface area contributed by atoms with E-state index in [0.717, 1.165) is 6.42 Å². The first-order valence-electron chi connectivity index (χ1n) is 6.53. The summed E-state index contributed by atoms with van der Waals surface area (Å²) in [6, 6.07) is 0.265. The fourth-order valence-corrected chi connectivity index (χ4v) is 1.77. The molecule has 0 aliphatic heterocycles. The number of hydrogen-bond donors (Lipinski definition) is 3. The lowest BCUT2D eigenvalue weighted by atomic mass is 9.94. The summed E-state index contributed by atoms with van der Waals surface area (Å²) in [5, 5.41) is 14.6. The molecule has 5 nitrogen and oxygen atoms in total. The van der Waals surface area contributed by atoms with Crippen molar-refractivity contribution >= 4 is 11.9 Å². The highest BCUT2D eigenvalue weighted by atomic mass is 16.4. The van der Waals surface area contributed by atoms with Gasteiger partial charge in [0.1, 0.15) is 0 Å². The van der Waals surface area contributed by atoms with Gasteiger partial charge in [-0.3, -0.25) is 9.59 Å². The van der Waals surface area contributed by atoms with Crippen molar-refractivity contribution in [2.45, 2.75) is 46.6 Å². The van der Waals surface area contributed by atoms with Gasteiger partial charge in [0.15, 0.2) is 0 Å². The Morgan fingerprint density at radius 3 is 2.22 bits per heavy atom. The topological polar surface area (TPSA) is 78.4 Å². The standard InChI is InChI=1S/C13H26N2O3/c1-9(2)5-11(6-13(17)18)7-15-12(16)8-14-10(3)4/h9-11,14H,5-8H2,1-4H3,(H,15,16)(H,17,18)/t11-/m0/s1. The lowest BCUT2D eigenvalue weighted by Crippen LogP contribution is -2.39. The van der Waals surface area contributed by atoms with E-state index in [1.54, 1.807) is 0 Å². The maximum absolute atomic E-state index is 11.5. The lowest BCUT2D eigenvalue weighted by molar-refractivity contribution is -0.138. The highest BCUT2D eigenvalue weighted by Crippen LogP contribution is 2.14. The van der Waals surface area contributed by atoms with Gasteiger partial charge < -0.3 is 15.7 Å². The molecule has 1 amide bonds. The Hall–Kier alpha value is -1.10. The van der Waals surface area contributed by atoms with E-state index in [0.29, 0.717) is 12.5 Å². The minimum absolute atomic E-state index is 0.00509. The first-order valence-corrected chi connectivity index (χ1v) is 6.53. The van der Waals surface area contributed by atoms with Crippen molar-refractivity contribution in [2.24, 2.45) is 11.8 Å². The molecular formula is C13H26N2O3. The van der Waals surface area contributed by atoms with Crippen LogP contribution in [0.3, 0.4) is 0 Å². The molecule has 3 N–H and O–H groups in total. The molecule has 0 saturated heterocycles. The van der Waals surface area contributed by atoms with Gasteiger partial charge in [-0.2, -0.15) is 0 Å². The second-order valence-electron chi connectivity index (χ2n) is 5.43. The normalized spacial score (nSPS) is 12.8. The molecule has 0 rings (SSSR count). The fourth-order valence-electron chi connectivity index (χ4n) is 1.77. The highest BCUT2D eigenvalue weighted by molar-refractivity contribution is 5.78. The number of carbonyl (C=O) groups is 2. The quantitative estimate of drug-likeness (QED) is 0.581. The third-order valence-electron chi connectivity index (χ3n) is 2.53. The molecule has 0 unspecified atom stereocenters. The van der Waals surface area contributed by atoms with Crippen LogP contribution in [0.25, 0.3) is 0 Å². The van der Waals surface area contributed by atoms with Crippen LogP contribution in [0, 0.1) is 11.8 Å². The predicted molar refractivity (Wildman–Crippen MR) is 71.3 cm³/mol. The molecule has 5 heteroatoms. The fraction of sp³-hybridized carbons (Fsp3) is 0.846. The molecule has 0 saturated carbocycles. The van der Waals surface area contributed by atoms with E-state index in [1.807, 2.05) is 13.8 Å². The number of carboxylic acids is 1. The zero-order chi connectivity index (χ0) is 14.1. The van der Waals surface area contributed by atoms with Gasteiger partial charge >= 0.3 is 5.97 Å². The molecule has 1 atom stereocenters. The van der Waals surface area contributed by atoms with E-state index >= 15 is 0 Å². The summed E-state index contributed by atoms with van der Waals surface area (Å²) >= 11 is 0. The van der Waals surface area contributed by atoms with E-state index < -0.39 is 5.97 Å². The van der Waals surface area contributed by atoms with E-state index in [2.05, 4.69) is 24.5 Å². The second-order valence-corrected chi connectivity index (χ2v) is 5.43. The van der Waals surface area contributed by atoms with Crippen molar-refractivity contribution in [1.82, 2.24) is 10.6 Å². The Bertz CT molecular complexity index is 265. The Kier molecular flexibility index (Phi) is 8.37. The van der Waals surface area contributed by atoms with Crippen LogP contribution < -0.4 is 10.6 Å². The number of carboxylic acid groups (broad SMARTS) is 1. The van der Waals surface area contributed by atoms with Gasteiger partial charge in [0.2, 0.25) is 5.91 Å². The predicted octanol–water partition coefficient (Wildman–Crippen LogP) is 1.24. The minimum Gasteiger partial charge on any atom is -0.481 e. The smallest absolute Gasteiger partial charge is 0.303 e. The third kappa shape index (κ3) is 10.1. The third-order valence-corrected chi connectivity index (χ3v) is 2.53. The van der Waals surface area contributed by atoms with Crippen LogP contribution in [-0.4, -0.2) is 36.1 Å². The van der Waals surface area contributed by atoms with Gasteiger partial charge in [0.05, 0.1) is 6.54 Å². The van der Waals surface area contributed by atoms with Gasteiger partial charge in [-0.25, -0.2) is 0 Å². The van der Waals surface area contributed by atoms with Crippen molar-refractivity contribution in [3.05, 3.63) is 0 Å². The summed E-state index contributed by atoms with van der Waals surface area (Å²) in [6.07, 6.45) is 0.917. The van der Waals surface area contributed by atoms with Gasteiger partial charge in [0.25, 0.3) is 0 Å². The van der Waals surface area contributed by atoms with Crippen LogP contribution in [0.4, 0.5) is 0 Å². The van der Waals surface area contributed by atoms with E-state index in [-0.39, 0.29) is 30.8 Å². The average Bonchev–Trinajstić information content (AvgIpc) is 2.21. The van der Waals surface area contributed by atoms with E-state index in [9.17, 15) is 9.59 Å². The van der Waals surface area contributed by atoms with Crippen molar-refractivity contribution < 1.29 is 14.7 Å². The van der Waals surface area contributed by atoms with Crippen LogP contribution >= 0.6 is 0 Å². The van der Waals surface area contributed by atoms with Crippen molar-refractivity contribution in [3.63, 3.8) is 0 Å². The molecule has 0 spiro atoms. The molecule has 0 aromatic heterocycles. The molecule has 0 aliphatic carbocycles. The zero-order valence-corrected chi connectivity index (χ0v) is 11.8. The number of rotatable bonds is 9. The summed E-state index contributed by atoms with van der Waals surface area (Å²) in [5.41, 5.74) is 0. The van der Waals surface area contributed by atoms with E-state index in [4.69, 9.17) is 5.11 Å². The Morgan fingerprint density at radius 1 is 1.17 bits per heavy atom. The van der Waals surface area contributed by atoms with Crippen LogP contribution in [0.15, 0.2) is 0 Å². The Balaban J connectivity index is 4.00. The molecule has 0 aromatic rings. The molecule has 0 radical (unpaired) electrons. The molecule has 18 heavy (non-hydrogen) atoms. The van der Waals surface area contributed by atoms with Crippen molar-refractivity contribution in [3.8, 4) is 0 Å². The van der Waals surface area contributed by atoms with Gasteiger partial charge in [-0.15, -0.1) is 0 Å². The van der Waals surface area contributed by atoms with Crippen LogP contribution in [-0.2, 0) is 9.59 Å². The summed E-state index contributed by atoms with van der Waals surface area (Å²) in [6.45, 7) is 8.76. The molecular weight excluding hydrogens is 232 g/mol. The number of hydrogen-bond acceptors (Lipinski definition) is 3. The van der Waals surface area contributed by atoms with Crippen molar-refractivity contribution in [1.29, 1.82) is 0 Å². The highest BCUT2D eigenvalue weighted by Gasteiger charge is 2.15. The summed E-state index contributed by atoms with van der Waals surface area (Å²) in [4.78, 5) is 22.2. The number of amides is 1. The average molecular weight is 258 g/mol. The Morgan fingerprint density at radius 2 is 1.78 bits per heavy atom. The molecule has 0 bridgehead atoms. The van der Waals surface area contributed by atoms with Gasteiger partial charge in [-0.05, 0) is 18.3 Å². The molecule has 0 heterocycles. The summed E-state index contributed by atoms with van der Waals surface area (Å²) in [5.74, 6) is -0.455. The van der Waals surface area contributed by atoms with Gasteiger partial charge in [-0.1, -0.05) is 27.7 Å². The second kappa shape index (κ2) is 8.91. The number of nitrogens with one attached hydrogen (secondary N) is 2. The lowest BCUT2D eigenvalue weighted by Gasteiger charge is -2.18. The first-order chi connectivity index (χ1) is 8.31. The van der Waals surface area contributed by atoms with Crippen LogP contribution in [0.2, 0.25) is 0 Å². The van der Waals surface area contributed by atoms with Crippen LogP contribution in [0.5, 0.6) is 0 Å². The minimum atomic E-state index is -0.810. The molecule has 106 valence electrons. The first kappa shape index (κ1) is 16.9.